The summed E-state index contributed by atoms with van der Waals surface area (Å²) in [7, 11) is 2.62. The van der Waals surface area contributed by atoms with Gasteiger partial charge in [0.2, 0.25) is 5.91 Å². The van der Waals surface area contributed by atoms with Crippen LogP contribution in [-0.2, 0) is 18.9 Å². The molecule has 0 aliphatic rings. The number of aryl methyl sites for hydroxylation is 1. The average molecular weight is 385 g/mol. The minimum absolute atomic E-state index is 0.0803. The zero-order valence-corrected chi connectivity index (χ0v) is 14.4. The molecule has 0 atom stereocenters. The molecule has 9 nitrogen and oxygen atoms in total. The molecule has 0 spiro atoms. The van der Waals surface area contributed by atoms with Gasteiger partial charge in [0.15, 0.2) is 5.03 Å². The van der Waals surface area contributed by atoms with Gasteiger partial charge in [0.05, 0.1) is 5.75 Å². The third kappa shape index (κ3) is 4.53. The molecule has 0 aliphatic carbocycles. The Bertz CT molecular complexity index is 968. The maximum absolute atomic E-state index is 13.1. The van der Waals surface area contributed by atoms with Crippen LogP contribution in [-0.4, -0.2) is 31.9 Å². The van der Waals surface area contributed by atoms with Crippen LogP contribution in [0.25, 0.3) is 0 Å². The molecular formula is C14H13F2N5O4S. The van der Waals surface area contributed by atoms with Gasteiger partial charge in [-0.2, -0.15) is 5.10 Å². The van der Waals surface area contributed by atoms with Crippen LogP contribution in [0, 0.1) is 11.6 Å². The van der Waals surface area contributed by atoms with Gasteiger partial charge in [-0.3, -0.25) is 29.8 Å². The molecule has 0 aliphatic heterocycles. The van der Waals surface area contributed by atoms with E-state index < -0.39 is 34.7 Å². The van der Waals surface area contributed by atoms with Crippen molar-refractivity contribution in [3.63, 3.8) is 0 Å². The second kappa shape index (κ2) is 7.91. The fourth-order valence-corrected chi connectivity index (χ4v) is 2.59. The number of nitrogens with one attached hydrogen (secondary N) is 2. The van der Waals surface area contributed by atoms with E-state index in [-0.39, 0.29) is 16.3 Å². The number of rotatable bonds is 4. The van der Waals surface area contributed by atoms with Crippen molar-refractivity contribution in [1.29, 1.82) is 0 Å². The first kappa shape index (κ1) is 19.3. The van der Waals surface area contributed by atoms with E-state index in [4.69, 9.17) is 0 Å². The molecule has 0 unspecified atom stereocenters. The summed E-state index contributed by atoms with van der Waals surface area (Å²) < 4.78 is 27.9. The molecule has 12 heteroatoms. The lowest BCUT2D eigenvalue weighted by molar-refractivity contribution is -0.119. The summed E-state index contributed by atoms with van der Waals surface area (Å²) in [5.74, 6) is -3.78. The Morgan fingerprint density at radius 1 is 1.12 bits per heavy atom. The quantitative estimate of drug-likeness (QED) is 0.532. The largest absolute Gasteiger partial charge is 0.346 e. The topological polar surface area (TPSA) is 115 Å². The summed E-state index contributed by atoms with van der Waals surface area (Å²) in [5, 5.41) is 3.67. The number of nitrogens with zero attached hydrogens (tertiary/aromatic N) is 3. The fraction of sp³-hybridized carbons (Fsp3) is 0.214. The molecule has 1 aromatic carbocycles. The van der Waals surface area contributed by atoms with Gasteiger partial charge in [-0.15, -0.1) is 0 Å². The molecule has 0 saturated heterocycles. The van der Waals surface area contributed by atoms with E-state index in [0.717, 1.165) is 33.1 Å². The molecule has 0 fully saturated rings. The van der Waals surface area contributed by atoms with Crippen molar-refractivity contribution in [2.24, 2.45) is 14.1 Å². The van der Waals surface area contributed by atoms with Crippen molar-refractivity contribution in [1.82, 2.24) is 25.2 Å². The maximum Gasteiger partial charge on any atom is 0.346 e. The van der Waals surface area contributed by atoms with Crippen molar-refractivity contribution in [3.05, 3.63) is 56.2 Å². The Balaban J connectivity index is 1.95. The predicted octanol–water partition coefficient (Wildman–Crippen LogP) is -0.689. The number of halogens is 2. The monoisotopic (exact) mass is 385 g/mol. The second-order valence-electron chi connectivity index (χ2n) is 5.02. The molecule has 2 N–H and O–H groups in total. The molecule has 1 heterocycles. The molecule has 0 radical (unpaired) electrons. The van der Waals surface area contributed by atoms with Gasteiger partial charge in [-0.25, -0.2) is 18.3 Å². The lowest BCUT2D eigenvalue weighted by atomic mass is 10.2. The molecule has 2 amide bonds. The smallest absolute Gasteiger partial charge is 0.272 e. The summed E-state index contributed by atoms with van der Waals surface area (Å²) in [4.78, 5) is 46.9. The highest BCUT2D eigenvalue weighted by Gasteiger charge is 2.13. The highest BCUT2D eigenvalue weighted by atomic mass is 32.2. The van der Waals surface area contributed by atoms with Crippen molar-refractivity contribution < 1.29 is 18.4 Å². The SMILES string of the molecule is Cn1nc(SCC(=O)NNC(=O)c2cc(F)cc(F)c2)c(=O)n(C)c1=O. The molecule has 26 heavy (non-hydrogen) atoms. The zero-order chi connectivity index (χ0) is 19.4. The summed E-state index contributed by atoms with van der Waals surface area (Å²) in [5.41, 5.74) is 2.44. The van der Waals surface area contributed by atoms with E-state index in [9.17, 15) is 28.0 Å². The van der Waals surface area contributed by atoms with Crippen LogP contribution in [0.15, 0.2) is 32.8 Å². The van der Waals surface area contributed by atoms with E-state index in [1.807, 2.05) is 10.9 Å². The summed E-state index contributed by atoms with van der Waals surface area (Å²) >= 11 is 0.757. The number of hydrogen-bond acceptors (Lipinski definition) is 6. The number of benzene rings is 1. The van der Waals surface area contributed by atoms with Gasteiger partial charge in [0.25, 0.3) is 11.5 Å². The summed E-state index contributed by atoms with van der Waals surface area (Å²) in [6.45, 7) is 0. The molecule has 2 rings (SSSR count). The van der Waals surface area contributed by atoms with Crippen LogP contribution < -0.4 is 22.1 Å². The first-order valence-electron chi connectivity index (χ1n) is 7.01. The number of hydrazine groups is 1. The molecule has 0 bridgehead atoms. The standard InChI is InChI=1S/C14H13F2N5O4S/c1-20-13(24)12(19-21(2)14(20)25)26-6-10(22)17-18-11(23)7-3-8(15)5-9(16)4-7/h3-5H,6H2,1-2H3,(H,17,22)(H,18,23). The number of amides is 2. The molecular weight excluding hydrogens is 372 g/mol. The summed E-state index contributed by atoms with van der Waals surface area (Å²) in [6.07, 6.45) is 0. The van der Waals surface area contributed by atoms with Crippen LogP contribution in [0.3, 0.4) is 0 Å². The minimum atomic E-state index is -0.936. The minimum Gasteiger partial charge on any atom is -0.272 e. The van der Waals surface area contributed by atoms with Crippen molar-refractivity contribution >= 4 is 23.6 Å². The van der Waals surface area contributed by atoms with Gasteiger partial charge >= 0.3 is 5.69 Å². The third-order valence-corrected chi connectivity index (χ3v) is 4.01. The Labute approximate surface area is 149 Å². The Kier molecular flexibility index (Phi) is 5.87. The lowest BCUT2D eigenvalue weighted by Gasteiger charge is -2.08. The first-order chi connectivity index (χ1) is 12.2. The normalized spacial score (nSPS) is 10.5. The van der Waals surface area contributed by atoms with Crippen molar-refractivity contribution in [2.45, 2.75) is 5.03 Å². The van der Waals surface area contributed by atoms with Crippen molar-refractivity contribution in [2.75, 3.05) is 5.75 Å². The Morgan fingerprint density at radius 2 is 1.73 bits per heavy atom. The number of carbonyl (C=O) groups is 2. The molecule has 0 saturated carbocycles. The highest BCUT2D eigenvalue weighted by molar-refractivity contribution is 7.99. The van der Waals surface area contributed by atoms with E-state index in [2.05, 4.69) is 5.10 Å². The molecule has 1 aromatic heterocycles. The van der Waals surface area contributed by atoms with Crippen LogP contribution in [0.1, 0.15) is 10.4 Å². The zero-order valence-electron chi connectivity index (χ0n) is 13.6. The number of aromatic nitrogens is 3. The fourth-order valence-electron chi connectivity index (χ4n) is 1.81. The number of hydrogen-bond donors (Lipinski definition) is 2. The van der Waals surface area contributed by atoms with Gasteiger partial charge in [0, 0.05) is 25.7 Å². The van der Waals surface area contributed by atoms with Crippen LogP contribution in [0.4, 0.5) is 8.78 Å². The van der Waals surface area contributed by atoms with Gasteiger partial charge in [-0.05, 0) is 12.1 Å². The Hall–Kier alpha value is -3.02. The van der Waals surface area contributed by atoms with Gasteiger partial charge in [-0.1, -0.05) is 11.8 Å². The third-order valence-electron chi connectivity index (χ3n) is 3.07. The molecule has 138 valence electrons. The van der Waals surface area contributed by atoms with E-state index in [0.29, 0.717) is 6.07 Å². The van der Waals surface area contributed by atoms with E-state index in [1.165, 1.54) is 14.1 Å². The first-order valence-corrected chi connectivity index (χ1v) is 8.00. The number of carbonyl (C=O) groups excluding carboxylic acids is 2. The van der Waals surface area contributed by atoms with E-state index in [1.54, 1.807) is 0 Å². The van der Waals surface area contributed by atoms with Crippen LogP contribution in [0.5, 0.6) is 0 Å². The lowest BCUT2D eigenvalue weighted by Crippen LogP contribution is -2.43. The Morgan fingerprint density at radius 3 is 2.35 bits per heavy atom. The molecule has 2 aromatic rings. The highest BCUT2D eigenvalue weighted by Crippen LogP contribution is 2.09. The van der Waals surface area contributed by atoms with Crippen LogP contribution >= 0.6 is 11.8 Å². The summed E-state index contributed by atoms with van der Waals surface area (Å²) in [6, 6.07) is 2.21. The van der Waals surface area contributed by atoms with Gasteiger partial charge in [0.1, 0.15) is 11.6 Å². The predicted molar refractivity (Wildman–Crippen MR) is 87.4 cm³/mol. The average Bonchev–Trinajstić information content (AvgIpc) is 2.58. The maximum atomic E-state index is 13.1. The van der Waals surface area contributed by atoms with Gasteiger partial charge < -0.3 is 0 Å². The van der Waals surface area contributed by atoms with Crippen molar-refractivity contribution in [3.8, 4) is 0 Å². The van der Waals surface area contributed by atoms with Crippen LogP contribution in [0.2, 0.25) is 0 Å². The second-order valence-corrected chi connectivity index (χ2v) is 5.99. The number of thioether (sulfide) groups is 1. The van der Waals surface area contributed by atoms with E-state index >= 15 is 0 Å².